The summed E-state index contributed by atoms with van der Waals surface area (Å²) in [5, 5.41) is 0.904. The molecule has 4 heterocycles. The van der Waals surface area contributed by atoms with Gasteiger partial charge >= 0.3 is 6.09 Å². The Morgan fingerprint density at radius 3 is 2.72 bits per heavy atom. The molecule has 3 aromatic heterocycles. The van der Waals surface area contributed by atoms with Gasteiger partial charge in [0.25, 0.3) is 5.56 Å². The molecule has 0 fully saturated rings. The molecule has 0 saturated carbocycles. The van der Waals surface area contributed by atoms with E-state index in [1.807, 2.05) is 39.0 Å². The second kappa shape index (κ2) is 9.14. The molecular weight excluding hydrogens is 465 g/mol. The number of ether oxygens (including phenoxy) is 2. The first-order valence-corrected chi connectivity index (χ1v) is 11.6. The topological polar surface area (TPSA) is 86.8 Å². The minimum absolute atomic E-state index is 0.119. The molecule has 0 atom stereocenters. The lowest BCUT2D eigenvalue weighted by molar-refractivity contribution is 0.0220. The number of halogens is 1. The summed E-state index contributed by atoms with van der Waals surface area (Å²) >= 11 is 0. The zero-order chi connectivity index (χ0) is 25.4. The monoisotopic (exact) mass is 491 g/mol. The average Bonchev–Trinajstić information content (AvgIpc) is 3.19. The first kappa shape index (κ1) is 23.6. The number of hydrogen-bond acceptors (Lipinski definition) is 6. The molecule has 8 nitrogen and oxygen atoms in total. The molecule has 0 radical (unpaired) electrons. The van der Waals surface area contributed by atoms with Gasteiger partial charge in [-0.2, -0.15) is 0 Å². The van der Waals surface area contributed by atoms with E-state index in [4.69, 9.17) is 13.9 Å². The summed E-state index contributed by atoms with van der Waals surface area (Å²) in [6, 6.07) is 11.5. The number of nitrogens with zero attached hydrogens (tertiary/aromatic N) is 3. The zero-order valence-corrected chi connectivity index (χ0v) is 20.3. The van der Waals surface area contributed by atoms with Crippen LogP contribution in [0.25, 0.3) is 16.7 Å². The number of pyridine rings is 2. The Balaban J connectivity index is 1.34. The highest BCUT2D eigenvalue weighted by Gasteiger charge is 2.29. The van der Waals surface area contributed by atoms with Crippen LogP contribution >= 0.6 is 0 Å². The molecule has 4 aromatic rings. The smallest absolute Gasteiger partial charge is 0.410 e. The van der Waals surface area contributed by atoms with Crippen LogP contribution in [0.4, 0.5) is 9.18 Å². The summed E-state index contributed by atoms with van der Waals surface area (Å²) in [6.07, 6.45) is 2.99. The Morgan fingerprint density at radius 1 is 1.17 bits per heavy atom. The Morgan fingerprint density at radius 2 is 2.00 bits per heavy atom. The molecule has 0 spiro atoms. The van der Waals surface area contributed by atoms with Crippen molar-refractivity contribution in [2.75, 3.05) is 6.54 Å². The third-order valence-electron chi connectivity index (χ3n) is 5.81. The van der Waals surface area contributed by atoms with Crippen LogP contribution in [-0.4, -0.2) is 32.7 Å². The lowest BCUT2D eigenvalue weighted by Crippen LogP contribution is -2.39. The number of furan rings is 1. The van der Waals surface area contributed by atoms with Crippen molar-refractivity contribution in [3.05, 3.63) is 88.0 Å². The largest absolute Gasteiger partial charge is 0.487 e. The molecule has 1 amide bonds. The van der Waals surface area contributed by atoms with Gasteiger partial charge in [0.2, 0.25) is 0 Å². The van der Waals surface area contributed by atoms with Crippen LogP contribution in [0.1, 0.15) is 37.8 Å². The molecule has 0 N–H and O–H groups in total. The van der Waals surface area contributed by atoms with Crippen molar-refractivity contribution in [1.29, 1.82) is 0 Å². The van der Waals surface area contributed by atoms with Crippen molar-refractivity contribution >= 4 is 17.1 Å². The second-order valence-electron chi connectivity index (χ2n) is 9.66. The molecular formula is C27H26FN3O5. The molecule has 0 saturated heterocycles. The van der Waals surface area contributed by atoms with E-state index in [2.05, 4.69) is 4.98 Å². The van der Waals surface area contributed by atoms with Gasteiger partial charge in [0, 0.05) is 42.2 Å². The molecule has 0 bridgehead atoms. The van der Waals surface area contributed by atoms with Crippen molar-refractivity contribution in [3.63, 3.8) is 0 Å². The maximum atomic E-state index is 13.0. The fourth-order valence-corrected chi connectivity index (χ4v) is 4.12. The number of carbonyl (C=O) groups is 1. The highest BCUT2D eigenvalue weighted by atomic mass is 19.1. The second-order valence-corrected chi connectivity index (χ2v) is 9.66. The van der Waals surface area contributed by atoms with Crippen LogP contribution in [0.15, 0.2) is 64.1 Å². The Hall–Kier alpha value is -4.14. The maximum absolute atomic E-state index is 13.0. The van der Waals surface area contributed by atoms with Crippen LogP contribution in [0.2, 0.25) is 0 Å². The summed E-state index contributed by atoms with van der Waals surface area (Å²) in [4.78, 5) is 30.9. The molecule has 0 unspecified atom stereocenters. The molecule has 0 aliphatic carbocycles. The SMILES string of the molecule is CC(C)(C)OC(=O)N1CCc2oc3cc(-n4ccc(OCc5ccc(F)cn5)cc4=O)ccc3c2C1. The Bertz CT molecular complexity index is 1480. The standard InChI is InChI=1S/C27H26FN3O5/c1-27(2,3)36-26(33)30-10-9-23-22(15-30)21-7-6-19(12-24(21)35-23)31-11-8-20(13-25(31)32)34-16-18-5-4-17(28)14-29-18/h4-8,11-14H,9-10,15-16H2,1-3H3. The van der Waals surface area contributed by atoms with Crippen LogP contribution in [0.5, 0.6) is 5.75 Å². The third kappa shape index (κ3) is 4.95. The lowest BCUT2D eigenvalue weighted by atomic mass is 10.0. The van der Waals surface area contributed by atoms with E-state index in [1.54, 1.807) is 17.2 Å². The van der Waals surface area contributed by atoms with E-state index in [0.717, 1.165) is 22.9 Å². The minimum Gasteiger partial charge on any atom is -0.487 e. The van der Waals surface area contributed by atoms with Gasteiger partial charge in [-0.25, -0.2) is 9.18 Å². The van der Waals surface area contributed by atoms with Gasteiger partial charge < -0.3 is 18.8 Å². The minimum atomic E-state index is -0.559. The molecule has 186 valence electrons. The predicted molar refractivity (Wildman–Crippen MR) is 131 cm³/mol. The van der Waals surface area contributed by atoms with E-state index in [1.165, 1.54) is 22.8 Å². The quantitative estimate of drug-likeness (QED) is 0.400. The molecule has 9 heteroatoms. The number of carbonyl (C=O) groups excluding carboxylic acids is 1. The average molecular weight is 492 g/mol. The number of hydrogen-bond donors (Lipinski definition) is 0. The molecule has 36 heavy (non-hydrogen) atoms. The van der Waals surface area contributed by atoms with E-state index in [-0.39, 0.29) is 18.3 Å². The first-order chi connectivity index (χ1) is 17.2. The van der Waals surface area contributed by atoms with Gasteiger partial charge in [-0.15, -0.1) is 0 Å². The van der Waals surface area contributed by atoms with Crippen LogP contribution < -0.4 is 10.3 Å². The summed E-state index contributed by atoms with van der Waals surface area (Å²) < 4.78 is 31.7. The lowest BCUT2D eigenvalue weighted by Gasteiger charge is -2.29. The van der Waals surface area contributed by atoms with Crippen molar-refractivity contribution in [1.82, 2.24) is 14.5 Å². The van der Waals surface area contributed by atoms with Crippen LogP contribution in [0.3, 0.4) is 0 Å². The fraction of sp³-hybridized carbons (Fsp3) is 0.296. The third-order valence-corrected chi connectivity index (χ3v) is 5.81. The summed E-state index contributed by atoms with van der Waals surface area (Å²) in [7, 11) is 0. The van der Waals surface area contributed by atoms with Gasteiger partial charge in [-0.1, -0.05) is 0 Å². The highest BCUT2D eigenvalue weighted by Crippen LogP contribution is 2.32. The van der Waals surface area contributed by atoms with Crippen molar-refractivity contribution in [3.8, 4) is 11.4 Å². The maximum Gasteiger partial charge on any atom is 0.410 e. The van der Waals surface area contributed by atoms with Crippen molar-refractivity contribution in [2.45, 2.75) is 45.9 Å². The zero-order valence-electron chi connectivity index (χ0n) is 20.3. The summed E-state index contributed by atoms with van der Waals surface area (Å²) in [5.74, 6) is 0.808. The van der Waals surface area contributed by atoms with Gasteiger partial charge in [-0.05, 0) is 51.1 Å². The van der Waals surface area contributed by atoms with Crippen molar-refractivity contribution in [2.24, 2.45) is 0 Å². The predicted octanol–water partition coefficient (Wildman–Crippen LogP) is 4.99. The van der Waals surface area contributed by atoms with Crippen LogP contribution in [0, 0.1) is 5.82 Å². The van der Waals surface area contributed by atoms with E-state index < -0.39 is 11.4 Å². The van der Waals surface area contributed by atoms with E-state index in [0.29, 0.717) is 42.2 Å². The molecule has 1 aliphatic rings. The normalized spacial score (nSPS) is 13.5. The number of benzene rings is 1. The first-order valence-electron chi connectivity index (χ1n) is 11.6. The Labute approximate surface area is 206 Å². The highest BCUT2D eigenvalue weighted by molar-refractivity contribution is 5.85. The van der Waals surface area contributed by atoms with Crippen LogP contribution in [-0.2, 0) is 24.3 Å². The van der Waals surface area contributed by atoms with Gasteiger partial charge in [-0.3, -0.25) is 14.3 Å². The number of rotatable bonds is 4. The summed E-state index contributed by atoms with van der Waals surface area (Å²) in [5.41, 5.74) is 1.98. The van der Waals surface area contributed by atoms with Gasteiger partial charge in [0.15, 0.2) is 0 Å². The number of amides is 1. The number of aromatic nitrogens is 2. The Kier molecular flexibility index (Phi) is 5.99. The molecule has 1 aromatic carbocycles. The van der Waals surface area contributed by atoms with Gasteiger partial charge in [0.1, 0.15) is 35.1 Å². The molecule has 1 aliphatic heterocycles. The number of fused-ring (bicyclic) bond motifs is 3. The van der Waals surface area contributed by atoms with Gasteiger partial charge in [0.05, 0.1) is 24.1 Å². The summed E-state index contributed by atoms with van der Waals surface area (Å²) in [6.45, 7) is 6.58. The van der Waals surface area contributed by atoms with E-state index >= 15 is 0 Å². The molecule has 5 rings (SSSR count). The van der Waals surface area contributed by atoms with E-state index in [9.17, 15) is 14.0 Å². The van der Waals surface area contributed by atoms with Crippen molar-refractivity contribution < 1.29 is 23.1 Å². The fourth-order valence-electron chi connectivity index (χ4n) is 4.12.